The van der Waals surface area contributed by atoms with Gasteiger partial charge in [0, 0.05) is 8.07 Å². The average molecular weight is 194 g/mol. The van der Waals surface area contributed by atoms with Crippen molar-refractivity contribution in [2.24, 2.45) is 0 Å². The Labute approximate surface area is 68.6 Å². The minimum absolute atomic E-state index is 0.454. The molecular formula is C6H14O3SSi. The van der Waals surface area contributed by atoms with Gasteiger partial charge in [-0.3, -0.25) is 4.55 Å². The van der Waals surface area contributed by atoms with Crippen LogP contribution in [-0.2, 0) is 10.1 Å². The van der Waals surface area contributed by atoms with Crippen LogP contribution in [0.5, 0.6) is 0 Å². The van der Waals surface area contributed by atoms with E-state index in [1.807, 2.05) is 0 Å². The van der Waals surface area contributed by atoms with Crippen molar-refractivity contribution in [3.63, 3.8) is 0 Å². The fourth-order valence-corrected chi connectivity index (χ4v) is 7.22. The third-order valence-corrected chi connectivity index (χ3v) is 7.13. The molecule has 11 heavy (non-hydrogen) atoms. The number of rotatable bonds is 1. The molecule has 0 aromatic heterocycles. The van der Waals surface area contributed by atoms with Gasteiger partial charge in [-0.15, -0.1) is 0 Å². The molecule has 1 heterocycles. The Hall–Kier alpha value is 0.127. The standard InChI is InChI=1S/C6H14O3SSi/c1-11(2)4-3-6(5-11)10(7,8)9/h6H,3-5H2,1-2H3,(H,7,8,9). The maximum atomic E-state index is 10.7. The van der Waals surface area contributed by atoms with Crippen LogP contribution >= 0.6 is 0 Å². The summed E-state index contributed by atoms with van der Waals surface area (Å²) in [6, 6.07) is 1.75. The van der Waals surface area contributed by atoms with Crippen LogP contribution in [0, 0.1) is 0 Å². The van der Waals surface area contributed by atoms with E-state index in [0.29, 0.717) is 6.42 Å². The molecule has 0 saturated carbocycles. The van der Waals surface area contributed by atoms with Crippen molar-refractivity contribution >= 4 is 18.2 Å². The minimum Gasteiger partial charge on any atom is -0.285 e. The summed E-state index contributed by atoms with van der Waals surface area (Å²) in [5.41, 5.74) is 0. The molecule has 0 bridgehead atoms. The van der Waals surface area contributed by atoms with Crippen LogP contribution in [0.1, 0.15) is 6.42 Å². The fourth-order valence-electron chi connectivity index (χ4n) is 1.63. The second-order valence-corrected chi connectivity index (χ2v) is 11.0. The molecule has 1 N–H and O–H groups in total. The quantitative estimate of drug-likeness (QED) is 0.506. The Morgan fingerprint density at radius 1 is 1.45 bits per heavy atom. The molecule has 1 rings (SSSR count). The van der Waals surface area contributed by atoms with Gasteiger partial charge >= 0.3 is 0 Å². The van der Waals surface area contributed by atoms with Gasteiger partial charge in [0.2, 0.25) is 0 Å². The van der Waals surface area contributed by atoms with Crippen molar-refractivity contribution in [2.75, 3.05) is 0 Å². The second-order valence-electron chi connectivity index (χ2n) is 4.04. The van der Waals surface area contributed by atoms with Crippen LogP contribution < -0.4 is 0 Å². The first-order valence-electron chi connectivity index (χ1n) is 3.78. The Morgan fingerprint density at radius 2 is 2.00 bits per heavy atom. The highest BCUT2D eigenvalue weighted by Gasteiger charge is 2.38. The normalized spacial score (nSPS) is 30.6. The van der Waals surface area contributed by atoms with Gasteiger partial charge < -0.3 is 0 Å². The van der Waals surface area contributed by atoms with Crippen molar-refractivity contribution in [3.8, 4) is 0 Å². The van der Waals surface area contributed by atoms with Crippen LogP contribution in [0.4, 0.5) is 0 Å². The van der Waals surface area contributed by atoms with Crippen molar-refractivity contribution < 1.29 is 13.0 Å². The van der Waals surface area contributed by atoms with E-state index < -0.39 is 23.4 Å². The number of hydrogen-bond donors (Lipinski definition) is 1. The first-order valence-corrected chi connectivity index (χ1v) is 8.69. The van der Waals surface area contributed by atoms with E-state index in [0.717, 1.165) is 12.1 Å². The summed E-state index contributed by atoms with van der Waals surface area (Å²) in [5.74, 6) is 0. The summed E-state index contributed by atoms with van der Waals surface area (Å²) in [5, 5.41) is -0.454. The van der Waals surface area contributed by atoms with E-state index >= 15 is 0 Å². The molecule has 0 radical (unpaired) electrons. The zero-order valence-electron chi connectivity index (χ0n) is 6.87. The predicted molar refractivity (Wildman–Crippen MR) is 47.0 cm³/mol. The van der Waals surface area contributed by atoms with Gasteiger partial charge in [0.15, 0.2) is 0 Å². The molecular weight excluding hydrogens is 180 g/mol. The van der Waals surface area contributed by atoms with Gasteiger partial charge in [0.05, 0.1) is 5.25 Å². The molecule has 0 aliphatic carbocycles. The zero-order chi connectivity index (χ0) is 8.70. The predicted octanol–water partition coefficient (Wildman–Crippen LogP) is 1.35. The van der Waals surface area contributed by atoms with E-state index in [-0.39, 0.29) is 0 Å². The minimum atomic E-state index is -3.74. The molecule has 3 nitrogen and oxygen atoms in total. The van der Waals surface area contributed by atoms with Gasteiger partial charge in [-0.2, -0.15) is 8.42 Å². The Balaban J connectivity index is 2.71. The maximum absolute atomic E-state index is 10.7. The van der Waals surface area contributed by atoms with Crippen LogP contribution in [0.25, 0.3) is 0 Å². The van der Waals surface area contributed by atoms with Gasteiger partial charge in [0.25, 0.3) is 10.1 Å². The molecule has 1 aliphatic rings. The molecule has 0 spiro atoms. The summed E-state index contributed by atoms with van der Waals surface area (Å²) in [7, 11) is -4.99. The van der Waals surface area contributed by atoms with Gasteiger partial charge in [-0.25, -0.2) is 0 Å². The topological polar surface area (TPSA) is 54.4 Å². The van der Waals surface area contributed by atoms with Crippen molar-refractivity contribution in [1.29, 1.82) is 0 Å². The fraction of sp³-hybridized carbons (Fsp3) is 1.00. The van der Waals surface area contributed by atoms with Gasteiger partial charge in [-0.1, -0.05) is 19.1 Å². The molecule has 0 amide bonds. The molecule has 5 heteroatoms. The lowest BCUT2D eigenvalue weighted by atomic mass is 10.4. The van der Waals surface area contributed by atoms with Crippen LogP contribution in [0.3, 0.4) is 0 Å². The molecule has 1 aliphatic heterocycles. The molecule has 1 atom stereocenters. The third-order valence-electron chi connectivity index (χ3n) is 2.34. The lowest BCUT2D eigenvalue weighted by Crippen LogP contribution is -2.24. The number of hydrogen-bond acceptors (Lipinski definition) is 2. The monoisotopic (exact) mass is 194 g/mol. The summed E-state index contributed by atoms with van der Waals surface area (Å²) < 4.78 is 30.1. The Morgan fingerprint density at radius 3 is 2.18 bits per heavy atom. The Bertz CT molecular complexity index is 245. The van der Waals surface area contributed by atoms with Crippen LogP contribution in [0.2, 0.25) is 25.2 Å². The second kappa shape index (κ2) is 2.57. The summed E-state index contributed by atoms with van der Waals surface area (Å²) in [6.45, 7) is 4.33. The average Bonchev–Trinajstić information content (AvgIpc) is 2.07. The lowest BCUT2D eigenvalue weighted by Gasteiger charge is -2.12. The van der Waals surface area contributed by atoms with E-state index in [4.69, 9.17) is 4.55 Å². The summed E-state index contributed by atoms with van der Waals surface area (Å²) in [6.07, 6.45) is 0.665. The van der Waals surface area contributed by atoms with Crippen molar-refractivity contribution in [1.82, 2.24) is 0 Å². The zero-order valence-corrected chi connectivity index (χ0v) is 8.69. The molecule has 1 saturated heterocycles. The molecule has 1 fully saturated rings. The summed E-state index contributed by atoms with van der Waals surface area (Å²) >= 11 is 0. The van der Waals surface area contributed by atoms with Crippen LogP contribution in [0.15, 0.2) is 0 Å². The summed E-state index contributed by atoms with van der Waals surface area (Å²) in [4.78, 5) is 0. The molecule has 0 aromatic carbocycles. The first-order chi connectivity index (χ1) is 4.81. The highest BCUT2D eigenvalue weighted by atomic mass is 32.2. The van der Waals surface area contributed by atoms with E-state index in [1.54, 1.807) is 0 Å². The highest BCUT2D eigenvalue weighted by molar-refractivity contribution is 7.86. The smallest absolute Gasteiger partial charge is 0.267 e. The van der Waals surface area contributed by atoms with E-state index in [9.17, 15) is 8.42 Å². The van der Waals surface area contributed by atoms with E-state index in [2.05, 4.69) is 13.1 Å². The van der Waals surface area contributed by atoms with Gasteiger partial charge in [-0.05, 0) is 12.5 Å². The van der Waals surface area contributed by atoms with Crippen molar-refractivity contribution in [3.05, 3.63) is 0 Å². The highest BCUT2D eigenvalue weighted by Crippen LogP contribution is 2.33. The SMILES string of the molecule is C[Si]1(C)CCC(S(=O)(=O)O)C1. The third kappa shape index (κ3) is 2.28. The van der Waals surface area contributed by atoms with Gasteiger partial charge in [0.1, 0.15) is 0 Å². The maximum Gasteiger partial charge on any atom is 0.267 e. The first kappa shape index (κ1) is 9.22. The molecule has 66 valence electrons. The largest absolute Gasteiger partial charge is 0.285 e. The molecule has 1 unspecified atom stereocenters. The van der Waals surface area contributed by atoms with Crippen molar-refractivity contribution in [2.45, 2.75) is 36.9 Å². The van der Waals surface area contributed by atoms with E-state index in [1.165, 1.54) is 0 Å². The Kier molecular flexibility index (Phi) is 2.15. The lowest BCUT2D eigenvalue weighted by molar-refractivity contribution is 0.470. The molecule has 0 aromatic rings. The van der Waals surface area contributed by atoms with Crippen LogP contribution in [-0.4, -0.2) is 26.3 Å².